The van der Waals surface area contributed by atoms with Gasteiger partial charge < -0.3 is 11.1 Å². The fourth-order valence-electron chi connectivity index (χ4n) is 2.12. The number of hydrogen-bond donors (Lipinski definition) is 2. The molecule has 1 heterocycles. The average molecular weight is 308 g/mol. The van der Waals surface area contributed by atoms with Crippen LogP contribution in [0.1, 0.15) is 58.4 Å². The Kier molecular flexibility index (Phi) is 6.08. The molecule has 4 nitrogen and oxygen atoms in total. The lowest BCUT2D eigenvalue weighted by Gasteiger charge is -2.28. The fourth-order valence-corrected chi connectivity index (χ4v) is 2.34. The molecule has 0 aliphatic rings. The summed E-state index contributed by atoms with van der Waals surface area (Å²) in [6, 6.07) is 0. The van der Waals surface area contributed by atoms with Crippen LogP contribution in [0.2, 0.25) is 0 Å². The highest BCUT2D eigenvalue weighted by atomic mass is 32.1. The van der Waals surface area contributed by atoms with Gasteiger partial charge in [0.1, 0.15) is 4.99 Å². The molecule has 1 aromatic heterocycles. The second-order valence-electron chi connectivity index (χ2n) is 6.57. The fraction of sp³-hybridized carbons (Fsp3) is 0.688. The Morgan fingerprint density at radius 1 is 1.24 bits per heavy atom. The molecule has 0 bridgehead atoms. The van der Waals surface area contributed by atoms with Crippen LogP contribution >= 0.6 is 12.2 Å². The Morgan fingerprint density at radius 3 is 2.29 bits per heavy atom. The van der Waals surface area contributed by atoms with E-state index in [1.54, 1.807) is 0 Å². The Balaban J connectivity index is 3.10. The highest BCUT2D eigenvalue weighted by Crippen LogP contribution is 2.26. The van der Waals surface area contributed by atoms with E-state index in [9.17, 15) is 0 Å². The maximum absolute atomic E-state index is 5.93. The summed E-state index contributed by atoms with van der Waals surface area (Å²) in [5.74, 6) is 1.21. The molecule has 0 amide bonds. The topological polar surface area (TPSA) is 63.8 Å². The van der Waals surface area contributed by atoms with Crippen LogP contribution in [-0.2, 0) is 12.8 Å². The molecule has 1 unspecified atom stereocenters. The van der Waals surface area contributed by atoms with Gasteiger partial charge >= 0.3 is 0 Å². The molecular weight excluding hydrogens is 280 g/mol. The molecule has 0 aliphatic carbocycles. The molecule has 0 fully saturated rings. The van der Waals surface area contributed by atoms with E-state index in [1.807, 2.05) is 0 Å². The van der Waals surface area contributed by atoms with Crippen molar-refractivity contribution in [2.45, 2.75) is 54.4 Å². The first kappa shape index (κ1) is 17.8. The van der Waals surface area contributed by atoms with Gasteiger partial charge in [0.15, 0.2) is 5.82 Å². The van der Waals surface area contributed by atoms with Crippen LogP contribution in [-0.4, -0.2) is 21.7 Å². The predicted octanol–water partition coefficient (Wildman–Crippen LogP) is 3.33. The number of rotatable bonds is 6. The number of aryl methyl sites for hydroxylation is 1. The van der Waals surface area contributed by atoms with Crippen LogP contribution in [0.3, 0.4) is 0 Å². The Bertz CT molecular complexity index is 506. The van der Waals surface area contributed by atoms with Crippen LogP contribution in [0.25, 0.3) is 0 Å². The molecule has 0 spiro atoms. The van der Waals surface area contributed by atoms with Gasteiger partial charge in [-0.2, -0.15) is 5.10 Å². The third-order valence-electron chi connectivity index (χ3n) is 4.15. The summed E-state index contributed by atoms with van der Waals surface area (Å²) in [6.07, 6.45) is 1.69. The highest BCUT2D eigenvalue weighted by molar-refractivity contribution is 7.80. The number of aromatic nitrogens is 2. The quantitative estimate of drug-likeness (QED) is 0.789. The number of nitrogens with two attached hydrogens (primary N) is 1. The number of thiocarbonyl (C=S) groups is 1. The summed E-state index contributed by atoms with van der Waals surface area (Å²) in [5.41, 5.74) is 9.13. The number of nitrogens with zero attached hydrogens (tertiary/aromatic N) is 2. The molecule has 0 saturated heterocycles. The van der Waals surface area contributed by atoms with Crippen LogP contribution < -0.4 is 11.1 Å². The second kappa shape index (κ2) is 7.16. The van der Waals surface area contributed by atoms with Crippen LogP contribution in [0, 0.1) is 11.3 Å². The largest absolute Gasteiger partial charge is 0.389 e. The zero-order valence-corrected chi connectivity index (χ0v) is 14.9. The Morgan fingerprint density at radius 2 is 1.86 bits per heavy atom. The van der Waals surface area contributed by atoms with Gasteiger partial charge in [0, 0.05) is 6.54 Å². The maximum atomic E-state index is 5.93. The first-order valence-electron chi connectivity index (χ1n) is 7.64. The van der Waals surface area contributed by atoms with E-state index >= 15 is 0 Å². The van der Waals surface area contributed by atoms with Crippen molar-refractivity contribution in [2.75, 3.05) is 11.9 Å². The van der Waals surface area contributed by atoms with Gasteiger partial charge in [-0.3, -0.25) is 0 Å². The normalized spacial score (nSPS) is 13.0. The number of nitrogens with one attached hydrogen (secondary N) is 1. The van der Waals surface area contributed by atoms with Crippen molar-refractivity contribution in [3.63, 3.8) is 0 Å². The van der Waals surface area contributed by atoms with Gasteiger partial charge in [0.25, 0.3) is 0 Å². The molecular formula is C16H28N4S. The molecule has 1 rings (SSSR count). The van der Waals surface area contributed by atoms with Crippen molar-refractivity contribution in [1.82, 2.24) is 10.2 Å². The minimum Gasteiger partial charge on any atom is -0.389 e. The summed E-state index contributed by atoms with van der Waals surface area (Å²) in [5, 5.41) is 12.0. The summed E-state index contributed by atoms with van der Waals surface area (Å²) in [7, 11) is 0. The lowest BCUT2D eigenvalue weighted by Crippen LogP contribution is -2.27. The van der Waals surface area contributed by atoms with Gasteiger partial charge in [-0.05, 0) is 29.7 Å². The van der Waals surface area contributed by atoms with E-state index in [2.05, 4.69) is 57.1 Å². The van der Waals surface area contributed by atoms with Gasteiger partial charge in [0.2, 0.25) is 0 Å². The van der Waals surface area contributed by atoms with Gasteiger partial charge in [0.05, 0.1) is 11.3 Å². The minimum absolute atomic E-state index is 0.237. The molecule has 21 heavy (non-hydrogen) atoms. The standard InChI is InChI=1S/C16H28N4S/c1-7-11-12(8-2)19-20-15(13(11)14(17)21)18-9-10(3)16(4,5)6/h10H,7-9H2,1-6H3,(H2,17,21)(H,18,20). The van der Waals surface area contributed by atoms with Gasteiger partial charge in [-0.25, -0.2) is 0 Å². The first-order chi connectivity index (χ1) is 9.72. The van der Waals surface area contributed by atoms with Crippen molar-refractivity contribution < 1.29 is 0 Å². The Labute approximate surface area is 133 Å². The molecule has 1 atom stereocenters. The van der Waals surface area contributed by atoms with Crippen molar-refractivity contribution in [3.05, 3.63) is 16.8 Å². The molecule has 0 aliphatic heterocycles. The van der Waals surface area contributed by atoms with Crippen molar-refractivity contribution in [1.29, 1.82) is 0 Å². The second-order valence-corrected chi connectivity index (χ2v) is 7.01. The molecule has 0 radical (unpaired) electrons. The SMILES string of the molecule is CCc1nnc(NCC(C)C(C)(C)C)c(C(N)=S)c1CC. The van der Waals surface area contributed by atoms with Crippen LogP contribution in [0.15, 0.2) is 0 Å². The van der Waals surface area contributed by atoms with E-state index in [1.165, 1.54) is 0 Å². The minimum atomic E-state index is 0.237. The number of anilines is 1. The highest BCUT2D eigenvalue weighted by Gasteiger charge is 2.22. The van der Waals surface area contributed by atoms with E-state index in [-0.39, 0.29) is 5.41 Å². The van der Waals surface area contributed by atoms with Crippen molar-refractivity contribution in [2.24, 2.45) is 17.1 Å². The van der Waals surface area contributed by atoms with Crippen molar-refractivity contribution >= 4 is 23.0 Å². The third-order valence-corrected chi connectivity index (χ3v) is 4.35. The molecule has 118 valence electrons. The van der Waals surface area contributed by atoms with Crippen LogP contribution in [0.4, 0.5) is 5.82 Å². The van der Waals surface area contributed by atoms with E-state index in [0.717, 1.165) is 36.2 Å². The van der Waals surface area contributed by atoms with Gasteiger partial charge in [-0.1, -0.05) is 53.8 Å². The number of hydrogen-bond acceptors (Lipinski definition) is 4. The van der Waals surface area contributed by atoms with Crippen molar-refractivity contribution in [3.8, 4) is 0 Å². The lowest BCUT2D eigenvalue weighted by molar-refractivity contribution is 0.274. The molecule has 5 heteroatoms. The monoisotopic (exact) mass is 308 g/mol. The summed E-state index contributed by atoms with van der Waals surface area (Å²) in [4.78, 5) is 0.391. The van der Waals surface area contributed by atoms with E-state index < -0.39 is 0 Å². The summed E-state index contributed by atoms with van der Waals surface area (Å²) < 4.78 is 0. The average Bonchev–Trinajstić information content (AvgIpc) is 2.41. The summed E-state index contributed by atoms with van der Waals surface area (Å²) in [6.45, 7) is 13.9. The van der Waals surface area contributed by atoms with Crippen LogP contribution in [0.5, 0.6) is 0 Å². The molecule has 3 N–H and O–H groups in total. The molecule has 0 aromatic carbocycles. The molecule has 1 aromatic rings. The van der Waals surface area contributed by atoms with Gasteiger partial charge in [-0.15, -0.1) is 5.10 Å². The summed E-state index contributed by atoms with van der Waals surface area (Å²) >= 11 is 5.23. The van der Waals surface area contributed by atoms with E-state index in [0.29, 0.717) is 16.7 Å². The Hall–Kier alpha value is -1.23. The predicted molar refractivity (Wildman–Crippen MR) is 93.8 cm³/mol. The smallest absolute Gasteiger partial charge is 0.159 e. The first-order valence-corrected chi connectivity index (χ1v) is 8.05. The zero-order valence-electron chi connectivity index (χ0n) is 14.1. The van der Waals surface area contributed by atoms with E-state index in [4.69, 9.17) is 18.0 Å². The maximum Gasteiger partial charge on any atom is 0.159 e. The molecule has 0 saturated carbocycles. The third kappa shape index (κ3) is 4.37. The lowest BCUT2D eigenvalue weighted by atomic mass is 9.82. The zero-order chi connectivity index (χ0) is 16.2.